The third-order valence-electron chi connectivity index (χ3n) is 10.5. The highest BCUT2D eigenvalue weighted by atomic mass is 16.7. The molecule has 3 N–H and O–H groups in total. The van der Waals surface area contributed by atoms with Crippen LogP contribution in [0.15, 0.2) is 24.3 Å². The van der Waals surface area contributed by atoms with E-state index >= 15 is 0 Å². The van der Waals surface area contributed by atoms with Crippen molar-refractivity contribution in [1.82, 2.24) is 4.90 Å². The number of nitrogens with zero attached hydrogens (tertiary/aromatic N) is 1. The van der Waals surface area contributed by atoms with Crippen LogP contribution in [0.25, 0.3) is 0 Å². The minimum absolute atomic E-state index is 0.113. The van der Waals surface area contributed by atoms with Gasteiger partial charge in [0.25, 0.3) is 0 Å². The van der Waals surface area contributed by atoms with Crippen LogP contribution in [0.2, 0.25) is 0 Å². The summed E-state index contributed by atoms with van der Waals surface area (Å²) in [6, 6.07) is -0.162. The van der Waals surface area contributed by atoms with E-state index in [2.05, 4.69) is 0 Å². The molecular formula is C36H59NO13. The molecule has 0 bridgehead atoms. The summed E-state index contributed by atoms with van der Waals surface area (Å²) < 4.78 is 47.2. The lowest BCUT2D eigenvalue weighted by Crippen LogP contribution is -2.60. The van der Waals surface area contributed by atoms with Gasteiger partial charge in [0.1, 0.15) is 42.7 Å². The van der Waals surface area contributed by atoms with E-state index in [0.29, 0.717) is 19.3 Å². The van der Waals surface area contributed by atoms with Crippen molar-refractivity contribution in [2.45, 2.75) is 146 Å². The maximum atomic E-state index is 13.3. The molecule has 16 atom stereocenters. The molecule has 3 fully saturated rings. The number of hydrogen-bond acceptors (Lipinski definition) is 14. The average Bonchev–Trinajstić information content (AvgIpc) is 3.87. The van der Waals surface area contributed by atoms with Crippen LogP contribution >= 0.6 is 0 Å². The van der Waals surface area contributed by atoms with Crippen LogP contribution in [-0.2, 0) is 47.5 Å². The van der Waals surface area contributed by atoms with Gasteiger partial charge in [0, 0.05) is 38.2 Å². The van der Waals surface area contributed by atoms with Gasteiger partial charge in [-0.05, 0) is 65.8 Å². The maximum Gasteiger partial charge on any atom is 0.330 e. The van der Waals surface area contributed by atoms with Crippen LogP contribution in [0.5, 0.6) is 0 Å². The van der Waals surface area contributed by atoms with Crippen molar-refractivity contribution in [3.63, 3.8) is 0 Å². The minimum Gasteiger partial charge on any atom is -0.456 e. The number of ether oxygens (including phenoxy) is 8. The van der Waals surface area contributed by atoms with E-state index in [1.165, 1.54) is 26.4 Å². The lowest BCUT2D eigenvalue weighted by molar-refractivity contribution is -0.313. The fourth-order valence-electron chi connectivity index (χ4n) is 7.15. The van der Waals surface area contributed by atoms with Crippen LogP contribution in [0.3, 0.4) is 0 Å². The molecule has 0 radical (unpaired) electrons. The van der Waals surface area contributed by atoms with Gasteiger partial charge in [0.2, 0.25) is 0 Å². The first-order valence-electron chi connectivity index (χ1n) is 17.8. The molecular weight excluding hydrogens is 654 g/mol. The predicted octanol–water partition coefficient (Wildman–Crippen LogP) is 1.52. The molecule has 0 spiro atoms. The fourth-order valence-corrected chi connectivity index (χ4v) is 7.15. The van der Waals surface area contributed by atoms with E-state index < -0.39 is 79.1 Å². The summed E-state index contributed by atoms with van der Waals surface area (Å²) >= 11 is 0. The van der Waals surface area contributed by atoms with Gasteiger partial charge in [-0.1, -0.05) is 26.8 Å². The lowest BCUT2D eigenvalue weighted by Gasteiger charge is -2.43. The number of carbonyl (C=O) groups excluding carboxylic acids is 2. The Kier molecular flexibility index (Phi) is 14.6. The Morgan fingerprint density at radius 3 is 2.26 bits per heavy atom. The van der Waals surface area contributed by atoms with Gasteiger partial charge in [-0.15, -0.1) is 0 Å². The SMILES string of the molecule is CCC1OC(=O)C=CC(C)C(OC2OC(C)CC(N(C)C)C2O)CCC(C)C(=O)C=CC2OC2C1(O)COC1OC(C)C(O)C(OC)C1OC. The van der Waals surface area contributed by atoms with Gasteiger partial charge in [-0.2, -0.15) is 0 Å². The predicted molar refractivity (Wildman–Crippen MR) is 180 cm³/mol. The van der Waals surface area contributed by atoms with Gasteiger partial charge in [-0.25, -0.2) is 4.79 Å². The summed E-state index contributed by atoms with van der Waals surface area (Å²) in [5.74, 6) is -1.49. The molecule has 4 rings (SSSR count). The normalized spacial score (nSPS) is 44.9. The van der Waals surface area contributed by atoms with E-state index in [9.17, 15) is 24.9 Å². The Morgan fingerprint density at radius 1 is 0.920 bits per heavy atom. The van der Waals surface area contributed by atoms with Crippen LogP contribution in [0.4, 0.5) is 0 Å². The molecule has 0 amide bonds. The van der Waals surface area contributed by atoms with E-state index in [1.54, 1.807) is 26.0 Å². The van der Waals surface area contributed by atoms with Gasteiger partial charge in [0.15, 0.2) is 24.0 Å². The topological polar surface area (TPSA) is 175 Å². The Balaban J connectivity index is 1.57. The summed E-state index contributed by atoms with van der Waals surface area (Å²) in [4.78, 5) is 28.5. The van der Waals surface area contributed by atoms with Gasteiger partial charge >= 0.3 is 5.97 Å². The zero-order chi connectivity index (χ0) is 36.9. The van der Waals surface area contributed by atoms with Crippen molar-refractivity contribution in [2.24, 2.45) is 11.8 Å². The number of cyclic esters (lactones) is 1. The van der Waals surface area contributed by atoms with Crippen molar-refractivity contribution < 1.29 is 62.8 Å². The number of hydrogen-bond donors (Lipinski definition) is 3. The van der Waals surface area contributed by atoms with Crippen molar-refractivity contribution in [3.8, 4) is 0 Å². The second-order valence-electron chi connectivity index (χ2n) is 14.5. The molecule has 0 aromatic rings. The second-order valence-corrected chi connectivity index (χ2v) is 14.5. The quantitative estimate of drug-likeness (QED) is 0.232. The Hall–Kier alpha value is -1.82. The highest BCUT2D eigenvalue weighted by molar-refractivity contribution is 5.91. The highest BCUT2D eigenvalue weighted by Gasteiger charge is 2.59. The molecule has 4 aliphatic rings. The van der Waals surface area contributed by atoms with Gasteiger partial charge in [0.05, 0.1) is 24.9 Å². The standard InChI is InChI=1S/C36H59NO13/c1-10-27-36(42,18-45-35-32(44-9)31(43-8)29(40)22(5)47-35)33-26(48-33)15-13-24(38)19(2)11-14-25(20(3)12-16-28(39)50-27)49-34-30(41)23(37(6)7)17-21(4)46-34/h12-13,15-16,19-23,25-27,29-35,40-42H,10-11,14,17-18H2,1-9H3. The molecule has 3 saturated heterocycles. The number of allylic oxidation sites excluding steroid dienone is 1. The summed E-state index contributed by atoms with van der Waals surface area (Å²) in [6.07, 6.45) is -1.38. The summed E-state index contributed by atoms with van der Waals surface area (Å²) in [5, 5.41) is 33.9. The van der Waals surface area contributed by atoms with E-state index in [0.717, 1.165) is 0 Å². The summed E-state index contributed by atoms with van der Waals surface area (Å²) in [7, 11) is 6.70. The van der Waals surface area contributed by atoms with Crippen molar-refractivity contribution in [1.29, 1.82) is 0 Å². The Morgan fingerprint density at radius 2 is 1.62 bits per heavy atom. The molecule has 0 aromatic heterocycles. The van der Waals surface area contributed by atoms with Crippen molar-refractivity contribution in [3.05, 3.63) is 24.3 Å². The first-order valence-corrected chi connectivity index (χ1v) is 17.8. The van der Waals surface area contributed by atoms with Crippen molar-refractivity contribution in [2.75, 3.05) is 34.9 Å². The number of carbonyl (C=O) groups is 2. The van der Waals surface area contributed by atoms with Crippen LogP contribution in [-0.4, -0.2) is 152 Å². The van der Waals surface area contributed by atoms with E-state index in [4.69, 9.17) is 37.9 Å². The van der Waals surface area contributed by atoms with Crippen LogP contribution in [0.1, 0.15) is 60.3 Å². The first-order chi connectivity index (χ1) is 23.6. The van der Waals surface area contributed by atoms with Gasteiger partial charge in [-0.3, -0.25) is 4.79 Å². The van der Waals surface area contributed by atoms with Crippen LogP contribution < -0.4 is 0 Å². The van der Waals surface area contributed by atoms with E-state index in [1.807, 2.05) is 39.8 Å². The maximum absolute atomic E-state index is 13.3. The molecule has 0 saturated carbocycles. The van der Waals surface area contributed by atoms with Crippen molar-refractivity contribution >= 4 is 11.8 Å². The molecule has 14 nitrogen and oxygen atoms in total. The molecule has 4 aliphatic heterocycles. The molecule has 0 aromatic carbocycles. The molecule has 286 valence electrons. The third-order valence-corrected chi connectivity index (χ3v) is 10.5. The average molecular weight is 714 g/mol. The molecule has 50 heavy (non-hydrogen) atoms. The Labute approximate surface area is 295 Å². The highest BCUT2D eigenvalue weighted by Crippen LogP contribution is 2.40. The number of likely N-dealkylation sites (N-methyl/N-ethyl adjacent to an activating group) is 1. The zero-order valence-electron chi connectivity index (χ0n) is 30.9. The van der Waals surface area contributed by atoms with Gasteiger partial charge < -0.3 is 58.1 Å². The first kappa shape index (κ1) is 40.9. The zero-order valence-corrected chi connectivity index (χ0v) is 30.9. The minimum atomic E-state index is -1.85. The molecule has 4 heterocycles. The molecule has 14 heteroatoms. The fraction of sp³-hybridized carbons (Fsp3) is 0.833. The lowest BCUT2D eigenvalue weighted by atomic mass is 9.89. The third kappa shape index (κ3) is 9.58. The number of aliphatic hydroxyl groups is 3. The summed E-state index contributed by atoms with van der Waals surface area (Å²) in [5.41, 5.74) is -1.85. The number of methoxy groups -OCH3 is 2. The number of fused-ring (bicyclic) bond motifs is 1. The van der Waals surface area contributed by atoms with E-state index in [-0.39, 0.29) is 42.8 Å². The number of esters is 1. The Bertz CT molecular complexity index is 1180. The largest absolute Gasteiger partial charge is 0.456 e. The number of rotatable bonds is 9. The second kappa shape index (κ2) is 17.8. The van der Waals surface area contributed by atoms with Crippen LogP contribution in [0, 0.1) is 11.8 Å². The number of epoxide rings is 1. The summed E-state index contributed by atoms with van der Waals surface area (Å²) in [6.45, 7) is 8.72. The number of ketones is 1. The monoisotopic (exact) mass is 713 g/mol. The molecule has 16 unspecified atom stereocenters. The molecule has 0 aliphatic carbocycles. The number of aliphatic hydroxyl groups excluding tert-OH is 2. The smallest absolute Gasteiger partial charge is 0.330 e.